The zero-order chi connectivity index (χ0) is 28.7. The second-order valence-electron chi connectivity index (χ2n) is 10.2. The molecule has 0 aliphatic carbocycles. The van der Waals surface area contributed by atoms with E-state index in [0.29, 0.717) is 12.0 Å². The van der Waals surface area contributed by atoms with Crippen molar-refractivity contribution in [2.45, 2.75) is 64.9 Å². The SMILES string of the molecule is Cc1c(CN2CCn3cccc3C2C(C)C)cnn1Cc1ccccc1.O=C(O)CC(O)(CC(=O)O)C(=O)O. The fourth-order valence-electron chi connectivity index (χ4n) is 4.89. The smallest absolute Gasteiger partial charge is 0.336 e. The Morgan fingerprint density at radius 3 is 2.18 bits per heavy atom. The van der Waals surface area contributed by atoms with Crippen molar-refractivity contribution in [3.05, 3.63) is 77.4 Å². The molecule has 0 saturated heterocycles. The van der Waals surface area contributed by atoms with Gasteiger partial charge in [0.05, 0.1) is 31.6 Å². The number of aromatic nitrogens is 3. The lowest BCUT2D eigenvalue weighted by Crippen LogP contribution is -2.42. The number of carbonyl (C=O) groups is 3. The van der Waals surface area contributed by atoms with Crippen LogP contribution in [0.15, 0.2) is 54.9 Å². The first-order chi connectivity index (χ1) is 18.4. The summed E-state index contributed by atoms with van der Waals surface area (Å²) in [6.07, 6.45) is 1.98. The molecule has 0 amide bonds. The molecule has 1 aliphatic heterocycles. The first kappa shape index (κ1) is 29.6. The Balaban J connectivity index is 0.000000276. The Morgan fingerprint density at radius 1 is 0.974 bits per heavy atom. The molecule has 4 rings (SSSR count). The van der Waals surface area contributed by atoms with Crippen LogP contribution in [0.2, 0.25) is 0 Å². The van der Waals surface area contributed by atoms with E-state index in [9.17, 15) is 14.4 Å². The Labute approximate surface area is 226 Å². The molecule has 2 aromatic heterocycles. The lowest BCUT2D eigenvalue weighted by molar-refractivity contribution is -0.170. The van der Waals surface area contributed by atoms with Crippen LogP contribution in [-0.2, 0) is 34.0 Å². The first-order valence-electron chi connectivity index (χ1n) is 12.7. The minimum atomic E-state index is -2.74. The van der Waals surface area contributed by atoms with E-state index in [1.165, 1.54) is 22.5 Å². The van der Waals surface area contributed by atoms with Gasteiger partial charge in [0.2, 0.25) is 0 Å². The molecule has 1 aromatic carbocycles. The van der Waals surface area contributed by atoms with Crippen molar-refractivity contribution in [3.8, 4) is 0 Å². The lowest BCUT2D eigenvalue weighted by atomic mass is 9.96. The average molecular weight is 541 g/mol. The van der Waals surface area contributed by atoms with Crippen molar-refractivity contribution in [2.24, 2.45) is 5.92 Å². The largest absolute Gasteiger partial charge is 0.481 e. The van der Waals surface area contributed by atoms with Gasteiger partial charge in [-0.1, -0.05) is 44.2 Å². The summed E-state index contributed by atoms with van der Waals surface area (Å²) in [6.45, 7) is 10.8. The van der Waals surface area contributed by atoms with Gasteiger partial charge >= 0.3 is 17.9 Å². The Bertz CT molecular complexity index is 1270. The quantitative estimate of drug-likeness (QED) is 0.303. The van der Waals surface area contributed by atoms with E-state index in [4.69, 9.17) is 20.4 Å². The van der Waals surface area contributed by atoms with Crippen molar-refractivity contribution < 1.29 is 34.8 Å². The van der Waals surface area contributed by atoms with Gasteiger partial charge in [-0.05, 0) is 30.5 Å². The van der Waals surface area contributed by atoms with Crippen LogP contribution >= 0.6 is 0 Å². The van der Waals surface area contributed by atoms with Crippen molar-refractivity contribution in [1.29, 1.82) is 0 Å². The molecule has 4 N–H and O–H groups in total. The molecule has 0 bridgehead atoms. The molecule has 1 atom stereocenters. The summed E-state index contributed by atoms with van der Waals surface area (Å²) in [5.74, 6) is -4.43. The van der Waals surface area contributed by atoms with Crippen molar-refractivity contribution in [2.75, 3.05) is 6.54 Å². The highest BCUT2D eigenvalue weighted by molar-refractivity contribution is 5.88. The van der Waals surface area contributed by atoms with E-state index in [1.807, 2.05) is 0 Å². The molecule has 0 fully saturated rings. The van der Waals surface area contributed by atoms with Crippen LogP contribution in [-0.4, -0.2) is 69.7 Å². The van der Waals surface area contributed by atoms with E-state index >= 15 is 0 Å². The van der Waals surface area contributed by atoms with E-state index in [2.05, 4.69) is 94.9 Å². The van der Waals surface area contributed by atoms with Gasteiger partial charge in [0.1, 0.15) is 0 Å². The number of nitrogens with zero attached hydrogens (tertiary/aromatic N) is 4. The summed E-state index contributed by atoms with van der Waals surface area (Å²) in [4.78, 5) is 33.1. The fourth-order valence-corrected chi connectivity index (χ4v) is 4.89. The molecule has 0 radical (unpaired) electrons. The van der Waals surface area contributed by atoms with Crippen molar-refractivity contribution >= 4 is 17.9 Å². The number of aliphatic hydroxyl groups is 1. The van der Waals surface area contributed by atoms with Gasteiger partial charge < -0.3 is 25.0 Å². The topological polar surface area (TPSA) is 158 Å². The third-order valence-corrected chi connectivity index (χ3v) is 6.86. The maximum Gasteiger partial charge on any atom is 0.336 e. The third kappa shape index (κ3) is 7.55. The number of carboxylic acid groups (broad SMARTS) is 3. The number of hydrogen-bond donors (Lipinski definition) is 4. The molecule has 3 heterocycles. The normalized spacial score (nSPS) is 15.4. The lowest BCUT2D eigenvalue weighted by Gasteiger charge is -2.39. The number of fused-ring (bicyclic) bond motifs is 1. The fraction of sp³-hybridized carbons (Fsp3) is 0.429. The van der Waals surface area contributed by atoms with Gasteiger partial charge in [0.15, 0.2) is 5.60 Å². The summed E-state index contributed by atoms with van der Waals surface area (Å²) in [5.41, 5.74) is 2.61. The van der Waals surface area contributed by atoms with Gasteiger partial charge in [-0.25, -0.2) is 4.79 Å². The van der Waals surface area contributed by atoms with Crippen LogP contribution in [0.25, 0.3) is 0 Å². The molecule has 39 heavy (non-hydrogen) atoms. The van der Waals surface area contributed by atoms with Gasteiger partial charge in [0.25, 0.3) is 0 Å². The second kappa shape index (κ2) is 12.7. The maximum atomic E-state index is 10.3. The molecular formula is C28H36N4O7. The highest BCUT2D eigenvalue weighted by atomic mass is 16.4. The monoisotopic (exact) mass is 540 g/mol. The van der Waals surface area contributed by atoms with Gasteiger partial charge in [-0.3, -0.25) is 19.2 Å². The summed E-state index contributed by atoms with van der Waals surface area (Å²) in [5, 5.41) is 38.5. The van der Waals surface area contributed by atoms with Gasteiger partial charge in [0, 0.05) is 42.8 Å². The minimum Gasteiger partial charge on any atom is -0.481 e. The predicted octanol–water partition coefficient (Wildman–Crippen LogP) is 3.01. The molecule has 11 heteroatoms. The Kier molecular flexibility index (Phi) is 9.66. The molecule has 1 unspecified atom stereocenters. The molecular weight excluding hydrogens is 504 g/mol. The van der Waals surface area contributed by atoms with Crippen LogP contribution < -0.4 is 0 Å². The van der Waals surface area contributed by atoms with Crippen LogP contribution in [0, 0.1) is 12.8 Å². The molecule has 0 spiro atoms. The number of benzene rings is 1. The van der Waals surface area contributed by atoms with E-state index in [-0.39, 0.29) is 0 Å². The molecule has 0 saturated carbocycles. The summed E-state index contributed by atoms with van der Waals surface area (Å²) < 4.78 is 4.54. The Hall–Kier alpha value is -3.96. The summed E-state index contributed by atoms with van der Waals surface area (Å²) >= 11 is 0. The average Bonchev–Trinajstić information content (AvgIpc) is 3.46. The van der Waals surface area contributed by atoms with Gasteiger partial charge in [-0.2, -0.15) is 5.10 Å². The van der Waals surface area contributed by atoms with Crippen LogP contribution in [0.1, 0.15) is 55.2 Å². The van der Waals surface area contributed by atoms with Crippen LogP contribution in [0.3, 0.4) is 0 Å². The van der Waals surface area contributed by atoms with Crippen molar-refractivity contribution in [1.82, 2.24) is 19.2 Å². The van der Waals surface area contributed by atoms with Gasteiger partial charge in [-0.15, -0.1) is 0 Å². The summed E-state index contributed by atoms with van der Waals surface area (Å²) in [7, 11) is 0. The maximum absolute atomic E-state index is 10.3. The van der Waals surface area contributed by atoms with E-state index < -0.39 is 36.4 Å². The zero-order valence-electron chi connectivity index (χ0n) is 22.4. The first-order valence-corrected chi connectivity index (χ1v) is 12.7. The second-order valence-corrected chi connectivity index (χ2v) is 10.2. The standard InChI is InChI=1S/C22H28N4.C6H8O7/c1-17(2)22-21-10-7-11-24(21)12-13-25(22)16-20-14-23-26(18(20)3)15-19-8-5-4-6-9-19;7-3(8)1-6(13,5(11)12)2-4(9)10/h4-11,14,17,22H,12-13,15-16H2,1-3H3;13H,1-2H2,(H,7,8)(H,9,10)(H,11,12). The molecule has 11 nitrogen and oxygen atoms in total. The number of rotatable bonds is 10. The van der Waals surface area contributed by atoms with E-state index in [1.54, 1.807) is 0 Å². The Morgan fingerprint density at radius 2 is 1.62 bits per heavy atom. The zero-order valence-corrected chi connectivity index (χ0v) is 22.4. The molecule has 1 aliphatic rings. The number of aliphatic carboxylic acids is 3. The highest BCUT2D eigenvalue weighted by Crippen LogP contribution is 2.33. The number of hydrogen-bond acceptors (Lipinski definition) is 6. The van der Waals surface area contributed by atoms with Crippen molar-refractivity contribution in [3.63, 3.8) is 0 Å². The van der Waals surface area contributed by atoms with E-state index in [0.717, 1.165) is 26.2 Å². The van der Waals surface area contributed by atoms with Crippen LogP contribution in [0.4, 0.5) is 0 Å². The number of carboxylic acids is 3. The predicted molar refractivity (Wildman–Crippen MR) is 142 cm³/mol. The minimum absolute atomic E-state index is 0.468. The highest BCUT2D eigenvalue weighted by Gasteiger charge is 2.40. The molecule has 3 aromatic rings. The third-order valence-electron chi connectivity index (χ3n) is 6.86. The summed E-state index contributed by atoms with van der Waals surface area (Å²) in [6, 6.07) is 15.5. The van der Waals surface area contributed by atoms with Crippen LogP contribution in [0.5, 0.6) is 0 Å². The molecule has 210 valence electrons.